The van der Waals surface area contributed by atoms with E-state index in [9.17, 15) is 0 Å². The van der Waals surface area contributed by atoms with Crippen LogP contribution in [0.25, 0.3) is 92.9 Å². The van der Waals surface area contributed by atoms with Crippen LogP contribution in [-0.2, 0) is 0 Å². The summed E-state index contributed by atoms with van der Waals surface area (Å²) in [5, 5.41) is 11.6. The summed E-state index contributed by atoms with van der Waals surface area (Å²) in [5.41, 5.74) is 9.45. The molecule has 9 aromatic rings. The Morgan fingerprint density at radius 1 is 0.562 bits per heavy atom. The van der Waals surface area contributed by atoms with E-state index in [1.54, 1.807) is 0 Å². The van der Waals surface area contributed by atoms with Crippen molar-refractivity contribution in [3.63, 3.8) is 0 Å². The molecule has 0 saturated carbocycles. The van der Waals surface area contributed by atoms with Crippen LogP contribution in [0, 0.1) is 5.92 Å². The molecule has 0 N–H and O–H groups in total. The minimum absolute atomic E-state index is 0.246. The van der Waals surface area contributed by atoms with E-state index in [-0.39, 0.29) is 5.92 Å². The van der Waals surface area contributed by atoms with Gasteiger partial charge in [0, 0.05) is 32.8 Å². The van der Waals surface area contributed by atoms with Crippen LogP contribution in [0.3, 0.4) is 0 Å². The lowest BCUT2D eigenvalue weighted by molar-refractivity contribution is 0.669. The van der Waals surface area contributed by atoms with E-state index in [2.05, 4.69) is 141 Å². The van der Waals surface area contributed by atoms with Gasteiger partial charge in [0.1, 0.15) is 22.3 Å². The number of fused-ring (bicyclic) bond motifs is 11. The first-order valence-corrected chi connectivity index (χ1v) is 16.5. The SMILES string of the molecule is C=C(CC1C=CC=CC1=C)c1c2ccccc2c(-c2ccc3oc4c(ccc5c4ccc4oc6ccccc6c45)c3c2)c2ccccc12. The summed E-state index contributed by atoms with van der Waals surface area (Å²) in [6.45, 7) is 8.98. The second kappa shape index (κ2) is 10.2. The van der Waals surface area contributed by atoms with Crippen LogP contribution < -0.4 is 0 Å². The summed E-state index contributed by atoms with van der Waals surface area (Å²) in [6, 6.07) is 41.1. The topological polar surface area (TPSA) is 26.3 Å². The lowest BCUT2D eigenvalue weighted by atomic mass is 9.82. The molecule has 2 nitrogen and oxygen atoms in total. The minimum Gasteiger partial charge on any atom is -0.456 e. The summed E-state index contributed by atoms with van der Waals surface area (Å²) in [4.78, 5) is 0. The fourth-order valence-corrected chi connectivity index (χ4v) is 8.03. The van der Waals surface area contributed by atoms with Crippen LogP contribution in [0.5, 0.6) is 0 Å². The third-order valence-corrected chi connectivity index (χ3v) is 10.3. The number of furan rings is 2. The van der Waals surface area contributed by atoms with Crippen LogP contribution in [0.2, 0.25) is 0 Å². The van der Waals surface area contributed by atoms with Gasteiger partial charge in [-0.3, -0.25) is 0 Å². The van der Waals surface area contributed by atoms with Gasteiger partial charge in [0.05, 0.1) is 0 Å². The molecule has 2 heteroatoms. The molecule has 1 unspecified atom stereocenters. The third kappa shape index (κ3) is 3.87. The second-order valence-electron chi connectivity index (χ2n) is 13.0. The highest BCUT2D eigenvalue weighted by atomic mass is 16.3. The zero-order valence-corrected chi connectivity index (χ0v) is 26.3. The molecule has 1 aliphatic rings. The molecule has 0 bridgehead atoms. The molecule has 0 aliphatic heterocycles. The molecule has 0 spiro atoms. The quantitative estimate of drug-likeness (QED) is 0.184. The Bertz CT molecular complexity index is 2850. The molecule has 0 fully saturated rings. The van der Waals surface area contributed by atoms with Crippen molar-refractivity contribution in [3.05, 3.63) is 164 Å². The van der Waals surface area contributed by atoms with E-state index in [1.165, 1.54) is 38.2 Å². The monoisotopic (exact) mass is 614 g/mol. The van der Waals surface area contributed by atoms with Crippen LogP contribution in [0.15, 0.2) is 167 Å². The first-order valence-electron chi connectivity index (χ1n) is 16.5. The van der Waals surface area contributed by atoms with Crippen molar-refractivity contribution >= 4 is 81.8 Å². The van der Waals surface area contributed by atoms with Gasteiger partial charge in [-0.25, -0.2) is 0 Å². The highest BCUT2D eigenvalue weighted by Gasteiger charge is 2.21. The summed E-state index contributed by atoms with van der Waals surface area (Å²) in [7, 11) is 0. The second-order valence-corrected chi connectivity index (χ2v) is 13.0. The smallest absolute Gasteiger partial charge is 0.143 e. The maximum atomic E-state index is 6.64. The molecular formula is C46H30O2. The fourth-order valence-electron chi connectivity index (χ4n) is 8.03. The Morgan fingerprint density at radius 2 is 1.19 bits per heavy atom. The van der Waals surface area contributed by atoms with Crippen molar-refractivity contribution in [3.8, 4) is 11.1 Å². The van der Waals surface area contributed by atoms with Gasteiger partial charge in [-0.15, -0.1) is 0 Å². The molecule has 10 rings (SSSR count). The highest BCUT2D eigenvalue weighted by molar-refractivity contribution is 6.26. The Balaban J connectivity index is 1.19. The average Bonchev–Trinajstić information content (AvgIpc) is 3.70. The van der Waals surface area contributed by atoms with E-state index in [1.807, 2.05) is 12.1 Å². The Hall–Kier alpha value is -6.12. The summed E-state index contributed by atoms with van der Waals surface area (Å²) in [6.07, 6.45) is 9.35. The predicted octanol–water partition coefficient (Wildman–Crippen LogP) is 13.3. The van der Waals surface area contributed by atoms with Gasteiger partial charge < -0.3 is 8.83 Å². The van der Waals surface area contributed by atoms with Gasteiger partial charge in [-0.2, -0.15) is 0 Å². The first-order chi connectivity index (χ1) is 23.6. The van der Waals surface area contributed by atoms with Crippen LogP contribution in [0.1, 0.15) is 12.0 Å². The van der Waals surface area contributed by atoms with Crippen LogP contribution in [-0.4, -0.2) is 0 Å². The molecule has 0 saturated heterocycles. The van der Waals surface area contributed by atoms with Gasteiger partial charge in [0.2, 0.25) is 0 Å². The van der Waals surface area contributed by atoms with E-state index >= 15 is 0 Å². The minimum atomic E-state index is 0.246. The Kier molecular flexibility index (Phi) is 5.74. The normalized spacial score (nSPS) is 14.9. The van der Waals surface area contributed by atoms with Crippen molar-refractivity contribution < 1.29 is 8.83 Å². The maximum Gasteiger partial charge on any atom is 0.143 e. The van der Waals surface area contributed by atoms with Crippen molar-refractivity contribution in [1.82, 2.24) is 0 Å². The van der Waals surface area contributed by atoms with Gasteiger partial charge in [0.15, 0.2) is 0 Å². The van der Waals surface area contributed by atoms with Crippen LogP contribution in [0.4, 0.5) is 0 Å². The third-order valence-electron chi connectivity index (χ3n) is 10.3. The summed E-state index contributed by atoms with van der Waals surface area (Å²) < 4.78 is 12.8. The Morgan fingerprint density at radius 3 is 1.96 bits per heavy atom. The van der Waals surface area contributed by atoms with E-state index in [0.29, 0.717) is 0 Å². The molecule has 2 aromatic heterocycles. The fraction of sp³-hybridized carbons (Fsp3) is 0.0435. The van der Waals surface area contributed by atoms with Gasteiger partial charge in [-0.05, 0) is 97.6 Å². The number of hydrogen-bond donors (Lipinski definition) is 0. The number of rotatable bonds is 4. The van der Waals surface area contributed by atoms with E-state index in [0.717, 1.165) is 72.2 Å². The highest BCUT2D eigenvalue weighted by Crippen LogP contribution is 2.45. The van der Waals surface area contributed by atoms with Gasteiger partial charge in [-0.1, -0.05) is 116 Å². The summed E-state index contributed by atoms with van der Waals surface area (Å²) >= 11 is 0. The molecular weight excluding hydrogens is 585 g/mol. The standard InChI is InChI=1S/C46H30O2/c1-27-11-3-4-12-29(27)25-28(2)43-31-13-5-7-15-33(31)44(34-16-8-6-14-32(34)43)30-19-23-41-39(26-30)37-21-20-35-36(46(37)48-41)22-24-42-45(35)38-17-9-10-18-40(38)47-42/h3-24,26,29H,1-2,25H2. The molecule has 1 aliphatic carbocycles. The predicted molar refractivity (Wildman–Crippen MR) is 204 cm³/mol. The molecule has 2 heterocycles. The largest absolute Gasteiger partial charge is 0.456 e. The zero-order chi connectivity index (χ0) is 31.9. The maximum absolute atomic E-state index is 6.64. The molecule has 0 amide bonds. The van der Waals surface area contributed by atoms with E-state index < -0.39 is 0 Å². The number of para-hydroxylation sites is 1. The molecule has 0 radical (unpaired) electrons. The van der Waals surface area contributed by atoms with Crippen molar-refractivity contribution in [2.75, 3.05) is 0 Å². The van der Waals surface area contributed by atoms with Crippen molar-refractivity contribution in [2.24, 2.45) is 5.92 Å². The average molecular weight is 615 g/mol. The van der Waals surface area contributed by atoms with Crippen molar-refractivity contribution in [2.45, 2.75) is 6.42 Å². The van der Waals surface area contributed by atoms with Gasteiger partial charge >= 0.3 is 0 Å². The molecule has 1 atom stereocenters. The van der Waals surface area contributed by atoms with E-state index in [4.69, 9.17) is 8.83 Å². The van der Waals surface area contributed by atoms with Crippen molar-refractivity contribution in [1.29, 1.82) is 0 Å². The molecule has 226 valence electrons. The Labute approximate surface area is 277 Å². The number of allylic oxidation sites excluding steroid dienone is 6. The lowest BCUT2D eigenvalue weighted by Gasteiger charge is -2.22. The number of benzene rings is 7. The zero-order valence-electron chi connectivity index (χ0n) is 26.3. The van der Waals surface area contributed by atoms with Gasteiger partial charge in [0.25, 0.3) is 0 Å². The first kappa shape index (κ1) is 27.0. The molecule has 7 aromatic carbocycles. The molecule has 48 heavy (non-hydrogen) atoms. The lowest BCUT2D eigenvalue weighted by Crippen LogP contribution is -2.03. The van der Waals surface area contributed by atoms with Crippen LogP contribution >= 0.6 is 0 Å². The number of hydrogen-bond acceptors (Lipinski definition) is 2. The summed E-state index contributed by atoms with van der Waals surface area (Å²) in [5.74, 6) is 0.246.